The first-order valence-corrected chi connectivity index (χ1v) is 9.14. The molecule has 0 fully saturated rings. The summed E-state index contributed by atoms with van der Waals surface area (Å²) in [5.74, 6) is -2.14. The van der Waals surface area contributed by atoms with Crippen molar-refractivity contribution in [2.45, 2.75) is 26.0 Å². The second kappa shape index (κ2) is 10.3. The maximum Gasteiger partial charge on any atom is 0.311 e. The Labute approximate surface area is 179 Å². The first kappa shape index (κ1) is 24.2. The Balaban J connectivity index is 2.24. The van der Waals surface area contributed by atoms with Crippen LogP contribution in [-0.4, -0.2) is 70.3 Å². The van der Waals surface area contributed by atoms with Crippen LogP contribution in [-0.2, 0) is 9.68 Å². The molecule has 0 aromatic heterocycles. The minimum atomic E-state index is -1.12. The zero-order valence-corrected chi connectivity index (χ0v) is 16.9. The fourth-order valence-electron chi connectivity index (χ4n) is 2.77. The number of nitro benzene ring substituents is 1. The van der Waals surface area contributed by atoms with Crippen LogP contribution in [0.4, 0.5) is 5.69 Å². The van der Waals surface area contributed by atoms with E-state index >= 15 is 0 Å². The first-order valence-electron chi connectivity index (χ1n) is 9.14. The van der Waals surface area contributed by atoms with E-state index < -0.39 is 64.2 Å². The average molecular weight is 457 g/mol. The highest BCUT2D eigenvalue weighted by atomic mass is 17.0. The Morgan fingerprint density at radius 3 is 2.19 bits per heavy atom. The normalized spacial score (nSPS) is 13.7. The Kier molecular flexibility index (Phi) is 7.78. The number of benzene rings is 1. The van der Waals surface area contributed by atoms with Crippen molar-refractivity contribution in [2.24, 2.45) is 0 Å². The van der Waals surface area contributed by atoms with E-state index in [1.807, 2.05) is 0 Å². The number of nitrogens with zero attached hydrogens (tertiary/aromatic N) is 4. The number of amides is 2. The van der Waals surface area contributed by atoms with Crippen LogP contribution in [0.3, 0.4) is 0 Å². The molecular formula is C16H19N5O11. The fourth-order valence-corrected chi connectivity index (χ4v) is 2.77. The maximum absolute atomic E-state index is 12.5. The molecule has 174 valence electrons. The molecule has 0 bridgehead atoms. The number of rotatable bonds is 13. The molecule has 32 heavy (non-hydrogen) atoms. The highest BCUT2D eigenvalue weighted by Gasteiger charge is 2.38. The van der Waals surface area contributed by atoms with Gasteiger partial charge in [0.1, 0.15) is 13.2 Å². The lowest BCUT2D eigenvalue weighted by Crippen LogP contribution is -2.38. The standard InChI is InChI=1S/C16H19N5O11/c1-9(2)17-7-10(32-21(28)29)8-30-14-6-12-11(5-13(14)19(24)25)15(22)18(16(12)23)3-4-31-20(26)27/h5-6,9-10,17H,3-4,7-8H2,1-2H3. The highest BCUT2D eigenvalue weighted by Crippen LogP contribution is 2.35. The van der Waals surface area contributed by atoms with Crippen LogP contribution in [0.25, 0.3) is 0 Å². The van der Waals surface area contributed by atoms with Crippen molar-refractivity contribution in [3.8, 4) is 5.75 Å². The molecule has 16 nitrogen and oxygen atoms in total. The molecule has 2 rings (SSSR count). The maximum atomic E-state index is 12.5. The van der Waals surface area contributed by atoms with E-state index in [2.05, 4.69) is 15.0 Å². The molecule has 0 aliphatic carbocycles. The molecule has 1 N–H and O–H groups in total. The second-order valence-electron chi connectivity index (χ2n) is 6.77. The molecule has 2 amide bonds. The Morgan fingerprint density at radius 2 is 1.66 bits per heavy atom. The van der Waals surface area contributed by atoms with Gasteiger partial charge in [-0.15, -0.1) is 20.2 Å². The molecule has 1 aromatic carbocycles. The van der Waals surface area contributed by atoms with Gasteiger partial charge in [0.05, 0.1) is 22.6 Å². The second-order valence-corrected chi connectivity index (χ2v) is 6.77. The lowest BCUT2D eigenvalue weighted by atomic mass is 10.1. The van der Waals surface area contributed by atoms with E-state index in [1.165, 1.54) is 0 Å². The van der Waals surface area contributed by atoms with Gasteiger partial charge >= 0.3 is 5.69 Å². The summed E-state index contributed by atoms with van der Waals surface area (Å²) in [5, 5.41) is 33.2. The van der Waals surface area contributed by atoms with Crippen LogP contribution >= 0.6 is 0 Å². The quantitative estimate of drug-likeness (QED) is 0.242. The zero-order valence-electron chi connectivity index (χ0n) is 16.9. The highest BCUT2D eigenvalue weighted by molar-refractivity contribution is 6.21. The average Bonchev–Trinajstić information content (AvgIpc) is 2.92. The molecule has 0 saturated heterocycles. The van der Waals surface area contributed by atoms with Crippen LogP contribution in [0.1, 0.15) is 34.6 Å². The summed E-state index contributed by atoms with van der Waals surface area (Å²) in [6, 6.07) is 1.78. The molecular weight excluding hydrogens is 438 g/mol. The number of nitrogens with one attached hydrogen (secondary N) is 1. The Morgan fingerprint density at radius 1 is 1.03 bits per heavy atom. The number of nitro groups is 1. The van der Waals surface area contributed by atoms with Crippen molar-refractivity contribution in [3.63, 3.8) is 0 Å². The van der Waals surface area contributed by atoms with Gasteiger partial charge in [0.15, 0.2) is 11.9 Å². The van der Waals surface area contributed by atoms with Crippen LogP contribution in [0.5, 0.6) is 5.75 Å². The molecule has 1 aliphatic rings. The summed E-state index contributed by atoms with van der Waals surface area (Å²) >= 11 is 0. The summed E-state index contributed by atoms with van der Waals surface area (Å²) in [6.07, 6.45) is -1.12. The molecule has 16 heteroatoms. The number of carbonyl (C=O) groups excluding carboxylic acids is 2. The van der Waals surface area contributed by atoms with Gasteiger partial charge < -0.3 is 19.7 Å². The molecule has 1 atom stereocenters. The lowest BCUT2D eigenvalue weighted by molar-refractivity contribution is -0.768. The van der Waals surface area contributed by atoms with E-state index in [4.69, 9.17) is 4.74 Å². The monoisotopic (exact) mass is 457 g/mol. The van der Waals surface area contributed by atoms with Crippen LogP contribution in [0.15, 0.2) is 12.1 Å². The number of carbonyl (C=O) groups is 2. The number of hydrogen-bond acceptors (Lipinski definition) is 12. The smallest absolute Gasteiger partial charge is 0.311 e. The van der Waals surface area contributed by atoms with E-state index in [0.717, 1.165) is 12.1 Å². The summed E-state index contributed by atoms with van der Waals surface area (Å²) in [5.41, 5.74) is -1.15. The number of hydrogen-bond donors (Lipinski definition) is 1. The predicted octanol–water partition coefficient (Wildman–Crippen LogP) is 0.353. The summed E-state index contributed by atoms with van der Waals surface area (Å²) in [4.78, 5) is 65.7. The van der Waals surface area contributed by atoms with Gasteiger partial charge in [-0.2, -0.15) is 0 Å². The van der Waals surface area contributed by atoms with Gasteiger partial charge in [-0.25, -0.2) is 0 Å². The van der Waals surface area contributed by atoms with E-state index in [-0.39, 0.29) is 23.7 Å². The summed E-state index contributed by atoms with van der Waals surface area (Å²) in [7, 11) is 0. The van der Waals surface area contributed by atoms with E-state index in [0.29, 0.717) is 4.90 Å². The Bertz CT molecular complexity index is 935. The van der Waals surface area contributed by atoms with Gasteiger partial charge in [-0.05, 0) is 0 Å². The number of ether oxygens (including phenoxy) is 1. The van der Waals surface area contributed by atoms with Crippen LogP contribution in [0, 0.1) is 30.3 Å². The van der Waals surface area contributed by atoms with E-state index in [1.54, 1.807) is 13.8 Å². The molecule has 0 spiro atoms. The van der Waals surface area contributed by atoms with Crippen molar-refractivity contribution in [1.29, 1.82) is 0 Å². The van der Waals surface area contributed by atoms with Gasteiger partial charge in [0.2, 0.25) is 0 Å². The van der Waals surface area contributed by atoms with Crippen molar-refractivity contribution in [1.82, 2.24) is 10.2 Å². The molecule has 0 radical (unpaired) electrons. The van der Waals surface area contributed by atoms with E-state index in [9.17, 15) is 39.9 Å². The van der Waals surface area contributed by atoms with Gasteiger partial charge in [-0.1, -0.05) is 13.8 Å². The molecule has 1 heterocycles. The van der Waals surface area contributed by atoms with Crippen molar-refractivity contribution in [3.05, 3.63) is 53.6 Å². The van der Waals surface area contributed by atoms with Crippen molar-refractivity contribution < 1.29 is 39.1 Å². The molecule has 1 unspecified atom stereocenters. The van der Waals surface area contributed by atoms with Gasteiger partial charge in [0, 0.05) is 24.7 Å². The third-order valence-electron chi connectivity index (χ3n) is 4.17. The SMILES string of the molecule is CC(C)NCC(COc1cc2c(cc1[N+](=O)[O-])C(=O)N(CCO[N+](=O)[O-])C2=O)O[N+](=O)[O-]. The van der Waals surface area contributed by atoms with Crippen molar-refractivity contribution >= 4 is 17.5 Å². The summed E-state index contributed by atoms with van der Waals surface area (Å²) in [6.45, 7) is 2.09. The molecule has 0 saturated carbocycles. The minimum absolute atomic E-state index is 0.000967. The Hall–Kier alpha value is -4.08. The third-order valence-corrected chi connectivity index (χ3v) is 4.17. The van der Waals surface area contributed by atoms with Gasteiger partial charge in [-0.3, -0.25) is 24.6 Å². The van der Waals surface area contributed by atoms with Crippen molar-refractivity contribution in [2.75, 3.05) is 26.3 Å². The summed E-state index contributed by atoms with van der Waals surface area (Å²) < 4.78 is 5.34. The molecule has 1 aliphatic heterocycles. The third kappa shape index (κ3) is 5.97. The topological polar surface area (TPSA) is 207 Å². The lowest BCUT2D eigenvalue weighted by Gasteiger charge is -2.18. The number of fused-ring (bicyclic) bond motifs is 1. The zero-order chi connectivity index (χ0) is 24.0. The van der Waals surface area contributed by atoms with Crippen LogP contribution < -0.4 is 10.1 Å². The molecule has 1 aromatic rings. The van der Waals surface area contributed by atoms with Gasteiger partial charge in [0.25, 0.3) is 22.0 Å². The first-order chi connectivity index (χ1) is 15.0. The fraction of sp³-hybridized carbons (Fsp3) is 0.500. The predicted molar refractivity (Wildman–Crippen MR) is 102 cm³/mol. The van der Waals surface area contributed by atoms with Crippen LogP contribution in [0.2, 0.25) is 0 Å². The largest absolute Gasteiger partial charge is 0.484 e. The number of imide groups is 1. The minimum Gasteiger partial charge on any atom is -0.484 e.